The Morgan fingerprint density at radius 1 is 0.970 bits per heavy atom. The minimum atomic E-state index is -0.848. The number of halogens is 1. The van der Waals surface area contributed by atoms with Crippen LogP contribution in [0.4, 0.5) is 0 Å². The number of rotatable bonds is 8. The van der Waals surface area contributed by atoms with E-state index >= 15 is 0 Å². The molecule has 0 radical (unpaired) electrons. The molecule has 170 valence electrons. The maximum absolute atomic E-state index is 12.1. The summed E-state index contributed by atoms with van der Waals surface area (Å²) in [5.41, 5.74) is 5.87. The van der Waals surface area contributed by atoms with E-state index in [-0.39, 0.29) is 13.2 Å². The Balaban J connectivity index is 1.51. The number of nitrogens with one attached hydrogen (secondary N) is 2. The highest BCUT2D eigenvalue weighted by molar-refractivity contribution is 6.35. The van der Waals surface area contributed by atoms with Gasteiger partial charge in [0.05, 0.1) is 6.21 Å². The van der Waals surface area contributed by atoms with Crippen molar-refractivity contribution in [3.8, 4) is 5.75 Å². The van der Waals surface area contributed by atoms with Gasteiger partial charge < -0.3 is 10.1 Å². The zero-order valence-electron chi connectivity index (χ0n) is 18.5. The van der Waals surface area contributed by atoms with Gasteiger partial charge in [-0.2, -0.15) is 5.10 Å². The van der Waals surface area contributed by atoms with E-state index in [0.29, 0.717) is 22.3 Å². The fourth-order valence-corrected chi connectivity index (χ4v) is 3.17. The van der Waals surface area contributed by atoms with E-state index in [1.807, 2.05) is 54.6 Å². The van der Waals surface area contributed by atoms with E-state index in [2.05, 4.69) is 29.7 Å². The van der Waals surface area contributed by atoms with Gasteiger partial charge in [-0.3, -0.25) is 9.59 Å². The lowest BCUT2D eigenvalue weighted by Crippen LogP contribution is -2.37. The molecule has 0 atom stereocenters. The van der Waals surface area contributed by atoms with Crippen molar-refractivity contribution >= 4 is 29.6 Å². The van der Waals surface area contributed by atoms with Gasteiger partial charge in [0.25, 0.3) is 0 Å². The molecule has 0 aliphatic carbocycles. The molecule has 0 aliphatic rings. The van der Waals surface area contributed by atoms with Crippen molar-refractivity contribution in [2.75, 3.05) is 0 Å². The Morgan fingerprint density at radius 3 is 2.39 bits per heavy atom. The number of ether oxygens (including phenoxy) is 1. The summed E-state index contributed by atoms with van der Waals surface area (Å²) < 4.78 is 5.85. The van der Waals surface area contributed by atoms with Crippen LogP contribution in [0, 0.1) is 0 Å². The maximum atomic E-state index is 12.1. The minimum Gasteiger partial charge on any atom is -0.488 e. The van der Waals surface area contributed by atoms with Gasteiger partial charge in [0.1, 0.15) is 12.4 Å². The number of carbonyl (C=O) groups is 2. The van der Waals surface area contributed by atoms with Crippen molar-refractivity contribution in [3.63, 3.8) is 0 Å². The van der Waals surface area contributed by atoms with Crippen LogP contribution in [0.3, 0.4) is 0 Å². The lowest BCUT2D eigenvalue weighted by Gasteiger charge is -2.10. The Hall–Kier alpha value is -3.64. The van der Waals surface area contributed by atoms with Crippen LogP contribution in [-0.2, 0) is 22.7 Å². The molecule has 0 bridgehead atoms. The van der Waals surface area contributed by atoms with Gasteiger partial charge >= 0.3 is 11.8 Å². The van der Waals surface area contributed by atoms with E-state index in [4.69, 9.17) is 16.3 Å². The van der Waals surface area contributed by atoms with Crippen molar-refractivity contribution < 1.29 is 14.3 Å². The second-order valence-corrected chi connectivity index (χ2v) is 8.10. The molecule has 0 spiro atoms. The van der Waals surface area contributed by atoms with Gasteiger partial charge in [-0.05, 0) is 35.2 Å². The molecule has 3 rings (SSSR count). The molecule has 0 saturated carbocycles. The predicted molar refractivity (Wildman–Crippen MR) is 130 cm³/mol. The highest BCUT2D eigenvalue weighted by atomic mass is 35.5. The zero-order chi connectivity index (χ0) is 23.6. The molecular weight excluding hydrogens is 438 g/mol. The first kappa shape index (κ1) is 24.0. The molecule has 7 heteroatoms. The SMILES string of the molecule is CC(C)c1ccc(CNC(=O)C(=O)N/N=C\c2ccccc2OCc2ccccc2Cl)cc1. The van der Waals surface area contributed by atoms with Crippen LogP contribution >= 0.6 is 11.6 Å². The topological polar surface area (TPSA) is 79.8 Å². The van der Waals surface area contributed by atoms with Crippen LogP contribution in [0.5, 0.6) is 5.75 Å². The zero-order valence-corrected chi connectivity index (χ0v) is 19.3. The van der Waals surface area contributed by atoms with Gasteiger partial charge in [0, 0.05) is 22.7 Å². The first-order chi connectivity index (χ1) is 15.9. The third kappa shape index (κ3) is 7.19. The molecule has 0 saturated heterocycles. The Morgan fingerprint density at radius 2 is 1.67 bits per heavy atom. The third-order valence-electron chi connectivity index (χ3n) is 4.94. The van der Waals surface area contributed by atoms with Gasteiger partial charge in [-0.1, -0.05) is 80.0 Å². The number of benzene rings is 3. The number of hydrazone groups is 1. The smallest absolute Gasteiger partial charge is 0.329 e. The summed E-state index contributed by atoms with van der Waals surface area (Å²) in [7, 11) is 0. The number of hydrogen-bond acceptors (Lipinski definition) is 4. The fourth-order valence-electron chi connectivity index (χ4n) is 2.98. The van der Waals surface area contributed by atoms with Crippen LogP contribution in [-0.4, -0.2) is 18.0 Å². The predicted octanol–water partition coefficient (Wildman–Crippen LogP) is 4.81. The number of hydrogen-bond donors (Lipinski definition) is 2. The maximum Gasteiger partial charge on any atom is 0.329 e. The quantitative estimate of drug-likeness (QED) is 0.286. The second kappa shape index (κ2) is 11.8. The Bertz CT molecular complexity index is 1130. The molecule has 2 N–H and O–H groups in total. The average Bonchev–Trinajstić information content (AvgIpc) is 2.83. The summed E-state index contributed by atoms with van der Waals surface area (Å²) in [4.78, 5) is 24.1. The number of carbonyl (C=O) groups excluding carboxylic acids is 2. The summed E-state index contributed by atoms with van der Waals surface area (Å²) in [6.07, 6.45) is 1.43. The molecule has 0 unspecified atom stereocenters. The summed E-state index contributed by atoms with van der Waals surface area (Å²) in [5, 5.41) is 7.10. The molecule has 0 fully saturated rings. The van der Waals surface area contributed by atoms with E-state index in [1.54, 1.807) is 18.2 Å². The van der Waals surface area contributed by atoms with Crippen LogP contribution < -0.4 is 15.5 Å². The minimum absolute atomic E-state index is 0.257. The first-order valence-corrected chi connectivity index (χ1v) is 11.0. The molecule has 0 aliphatic heterocycles. The summed E-state index contributed by atoms with van der Waals surface area (Å²) in [6.45, 7) is 4.78. The Labute approximate surface area is 198 Å². The number of para-hydroxylation sites is 1. The number of nitrogens with zero attached hydrogens (tertiary/aromatic N) is 1. The molecule has 2 amide bonds. The monoisotopic (exact) mass is 463 g/mol. The highest BCUT2D eigenvalue weighted by Gasteiger charge is 2.12. The standard InChI is InChI=1S/C26H26ClN3O3/c1-18(2)20-13-11-19(12-14-20)15-28-25(31)26(32)30-29-16-21-7-4-6-10-24(21)33-17-22-8-3-5-9-23(22)27/h3-14,16,18H,15,17H2,1-2H3,(H,28,31)(H,30,32)/b29-16-. The Kier molecular flexibility index (Phi) is 8.61. The average molecular weight is 464 g/mol. The first-order valence-electron chi connectivity index (χ1n) is 10.6. The van der Waals surface area contributed by atoms with Crippen molar-refractivity contribution in [2.24, 2.45) is 5.10 Å². The summed E-state index contributed by atoms with van der Waals surface area (Å²) >= 11 is 6.17. The molecule has 6 nitrogen and oxygen atoms in total. The van der Waals surface area contributed by atoms with Crippen LogP contribution in [0.2, 0.25) is 5.02 Å². The molecule has 0 aromatic heterocycles. The summed E-state index contributed by atoms with van der Waals surface area (Å²) in [5.74, 6) is -0.600. The van der Waals surface area contributed by atoms with Gasteiger partial charge in [0.2, 0.25) is 0 Å². The second-order valence-electron chi connectivity index (χ2n) is 7.70. The lowest BCUT2D eigenvalue weighted by atomic mass is 10.0. The number of amides is 2. The molecule has 3 aromatic rings. The van der Waals surface area contributed by atoms with Gasteiger partial charge in [-0.25, -0.2) is 5.43 Å². The van der Waals surface area contributed by atoms with Crippen LogP contribution in [0.1, 0.15) is 42.0 Å². The van der Waals surface area contributed by atoms with Crippen molar-refractivity contribution in [3.05, 3.63) is 100 Å². The van der Waals surface area contributed by atoms with Crippen LogP contribution in [0.15, 0.2) is 77.9 Å². The molecule has 33 heavy (non-hydrogen) atoms. The van der Waals surface area contributed by atoms with E-state index in [1.165, 1.54) is 11.8 Å². The normalized spacial score (nSPS) is 10.9. The largest absolute Gasteiger partial charge is 0.488 e. The summed E-state index contributed by atoms with van der Waals surface area (Å²) in [6, 6.07) is 22.6. The lowest BCUT2D eigenvalue weighted by molar-refractivity contribution is -0.139. The van der Waals surface area contributed by atoms with Crippen molar-refractivity contribution in [2.45, 2.75) is 32.9 Å². The molecule has 3 aromatic carbocycles. The fraction of sp³-hybridized carbons (Fsp3) is 0.192. The molecular formula is C26H26ClN3O3. The van der Waals surface area contributed by atoms with E-state index in [9.17, 15) is 9.59 Å². The van der Waals surface area contributed by atoms with Gasteiger partial charge in [-0.15, -0.1) is 0 Å². The van der Waals surface area contributed by atoms with Crippen molar-refractivity contribution in [1.29, 1.82) is 0 Å². The highest BCUT2D eigenvalue weighted by Crippen LogP contribution is 2.21. The van der Waals surface area contributed by atoms with Crippen LogP contribution in [0.25, 0.3) is 0 Å². The third-order valence-corrected chi connectivity index (χ3v) is 5.30. The molecule has 0 heterocycles. The van der Waals surface area contributed by atoms with E-state index in [0.717, 1.165) is 11.1 Å². The van der Waals surface area contributed by atoms with Crippen molar-refractivity contribution in [1.82, 2.24) is 10.7 Å². The van der Waals surface area contributed by atoms with Gasteiger partial charge in [0.15, 0.2) is 0 Å². The van der Waals surface area contributed by atoms with E-state index < -0.39 is 11.8 Å².